The van der Waals surface area contributed by atoms with Crippen molar-refractivity contribution in [2.45, 2.75) is 31.8 Å². The molecule has 0 N–H and O–H groups in total. The Kier molecular flexibility index (Phi) is 7.56. The largest absolute Gasteiger partial charge is 0.445 e. The number of amides is 1. The molecule has 0 aromatic heterocycles. The molecule has 1 amide bonds. The van der Waals surface area contributed by atoms with Gasteiger partial charge in [0.05, 0.1) is 18.2 Å². The van der Waals surface area contributed by atoms with Crippen molar-refractivity contribution in [1.82, 2.24) is 9.80 Å². The van der Waals surface area contributed by atoms with Crippen LogP contribution < -0.4 is 0 Å². The van der Waals surface area contributed by atoms with Gasteiger partial charge in [0.25, 0.3) is 0 Å². The average molecular weight is 436 g/mol. The number of alkyl halides is 3. The number of hydrogen-bond donors (Lipinski definition) is 0. The number of methoxy groups -OCH3 is 1. The Hall–Kier alpha value is -2.58. The fourth-order valence-corrected chi connectivity index (χ4v) is 3.85. The molecule has 0 radical (unpaired) electrons. The minimum Gasteiger partial charge on any atom is -0.445 e. The van der Waals surface area contributed by atoms with Gasteiger partial charge in [-0.3, -0.25) is 4.90 Å². The van der Waals surface area contributed by atoms with Crippen LogP contribution >= 0.6 is 0 Å². The van der Waals surface area contributed by atoms with Crippen molar-refractivity contribution in [3.8, 4) is 0 Å². The number of carbonyl (C=O) groups excluding carboxylic acids is 1. The summed E-state index contributed by atoms with van der Waals surface area (Å²) in [6.45, 7) is 4.05. The van der Waals surface area contributed by atoms with Crippen molar-refractivity contribution in [1.29, 1.82) is 0 Å². The van der Waals surface area contributed by atoms with Gasteiger partial charge in [-0.1, -0.05) is 42.5 Å². The van der Waals surface area contributed by atoms with Crippen LogP contribution in [-0.4, -0.2) is 55.3 Å². The van der Waals surface area contributed by atoms with Crippen molar-refractivity contribution in [2.24, 2.45) is 0 Å². The lowest BCUT2D eigenvalue weighted by Gasteiger charge is -2.43. The highest BCUT2D eigenvalue weighted by molar-refractivity contribution is 5.67. The van der Waals surface area contributed by atoms with Gasteiger partial charge < -0.3 is 14.4 Å². The summed E-state index contributed by atoms with van der Waals surface area (Å²) in [5.74, 6) is 0. The van der Waals surface area contributed by atoms with Gasteiger partial charge in [0, 0.05) is 32.8 Å². The van der Waals surface area contributed by atoms with E-state index in [4.69, 9.17) is 9.47 Å². The third kappa shape index (κ3) is 5.98. The van der Waals surface area contributed by atoms with E-state index in [1.54, 1.807) is 12.0 Å². The first-order chi connectivity index (χ1) is 14.8. The minimum atomic E-state index is -4.37. The highest BCUT2D eigenvalue weighted by Crippen LogP contribution is 2.32. The summed E-state index contributed by atoms with van der Waals surface area (Å²) in [4.78, 5) is 16.3. The average Bonchev–Trinajstić information content (AvgIpc) is 2.76. The predicted octanol–water partition coefficient (Wildman–Crippen LogP) is 4.74. The van der Waals surface area contributed by atoms with E-state index in [2.05, 4.69) is 4.90 Å². The van der Waals surface area contributed by atoms with Crippen molar-refractivity contribution in [3.63, 3.8) is 0 Å². The van der Waals surface area contributed by atoms with E-state index < -0.39 is 11.7 Å². The summed E-state index contributed by atoms with van der Waals surface area (Å²) in [5.41, 5.74) is 0.998. The number of carbonyl (C=O) groups is 1. The second kappa shape index (κ2) is 10.2. The van der Waals surface area contributed by atoms with Gasteiger partial charge in [-0.25, -0.2) is 4.79 Å². The van der Waals surface area contributed by atoms with Gasteiger partial charge >= 0.3 is 12.3 Å². The molecule has 1 aliphatic heterocycles. The van der Waals surface area contributed by atoms with E-state index in [1.165, 1.54) is 12.1 Å². The predicted molar refractivity (Wildman–Crippen MR) is 110 cm³/mol. The summed E-state index contributed by atoms with van der Waals surface area (Å²) in [6.07, 6.45) is -4.73. The van der Waals surface area contributed by atoms with Crippen LogP contribution in [0.2, 0.25) is 0 Å². The van der Waals surface area contributed by atoms with Crippen LogP contribution in [0.25, 0.3) is 0 Å². The van der Waals surface area contributed by atoms with Gasteiger partial charge in [0.1, 0.15) is 6.61 Å². The lowest BCUT2D eigenvalue weighted by atomic mass is 10.0. The standard InChI is InChI=1S/C23H27F3N2O3/c1-17-14-27(22(29)31-15-18-6-4-3-5-7-18)12-13-28(17)21(16-30-2)19-8-10-20(11-9-19)23(24,25)26/h3-11,17,21H,12-16H2,1-2H3. The normalized spacial score (nSPS) is 18.6. The topological polar surface area (TPSA) is 42.0 Å². The van der Waals surface area contributed by atoms with Gasteiger partial charge in [-0.15, -0.1) is 0 Å². The van der Waals surface area contributed by atoms with E-state index in [1.807, 2.05) is 37.3 Å². The summed E-state index contributed by atoms with van der Waals surface area (Å²) in [6, 6.07) is 14.5. The maximum atomic E-state index is 12.9. The SMILES string of the molecule is COCC(c1ccc(C(F)(F)F)cc1)N1CCN(C(=O)OCc2ccccc2)CC1C. The number of ether oxygens (including phenoxy) is 2. The third-order valence-electron chi connectivity index (χ3n) is 5.49. The summed E-state index contributed by atoms with van der Waals surface area (Å²) < 4.78 is 49.4. The fourth-order valence-electron chi connectivity index (χ4n) is 3.85. The first-order valence-corrected chi connectivity index (χ1v) is 10.2. The first kappa shape index (κ1) is 23.1. The summed E-state index contributed by atoms with van der Waals surface area (Å²) >= 11 is 0. The van der Waals surface area contributed by atoms with Crippen molar-refractivity contribution >= 4 is 6.09 Å². The van der Waals surface area contributed by atoms with Crippen LogP contribution in [0, 0.1) is 0 Å². The Morgan fingerprint density at radius 3 is 2.35 bits per heavy atom. The lowest BCUT2D eigenvalue weighted by Crippen LogP contribution is -2.55. The van der Waals surface area contributed by atoms with Gasteiger partial charge in [-0.2, -0.15) is 13.2 Å². The van der Waals surface area contributed by atoms with Crippen LogP contribution in [0.5, 0.6) is 0 Å². The molecule has 3 rings (SSSR count). The Labute approximate surface area is 180 Å². The summed E-state index contributed by atoms with van der Waals surface area (Å²) in [5, 5.41) is 0. The Balaban J connectivity index is 1.62. The molecule has 0 saturated carbocycles. The number of halogens is 3. The molecule has 0 aliphatic carbocycles. The molecule has 2 aromatic carbocycles. The van der Waals surface area contributed by atoms with Crippen molar-refractivity contribution < 1.29 is 27.4 Å². The fraction of sp³-hybridized carbons (Fsp3) is 0.435. The molecule has 1 fully saturated rings. The molecule has 1 saturated heterocycles. The zero-order valence-electron chi connectivity index (χ0n) is 17.6. The van der Waals surface area contributed by atoms with Gasteiger partial charge in [0.15, 0.2) is 0 Å². The van der Waals surface area contributed by atoms with Crippen LogP contribution in [0.15, 0.2) is 54.6 Å². The lowest BCUT2D eigenvalue weighted by molar-refractivity contribution is -0.137. The van der Waals surface area contributed by atoms with Crippen LogP contribution in [0.3, 0.4) is 0 Å². The van der Waals surface area contributed by atoms with E-state index in [0.29, 0.717) is 26.2 Å². The van der Waals surface area contributed by atoms with Crippen LogP contribution in [0.4, 0.5) is 18.0 Å². The quantitative estimate of drug-likeness (QED) is 0.656. The zero-order valence-corrected chi connectivity index (χ0v) is 17.6. The highest BCUT2D eigenvalue weighted by Gasteiger charge is 2.34. The Morgan fingerprint density at radius 2 is 1.77 bits per heavy atom. The second-order valence-corrected chi connectivity index (χ2v) is 7.66. The molecule has 8 heteroatoms. The molecule has 0 spiro atoms. The highest BCUT2D eigenvalue weighted by atomic mass is 19.4. The molecule has 1 heterocycles. The maximum absolute atomic E-state index is 12.9. The molecule has 2 aromatic rings. The Morgan fingerprint density at radius 1 is 1.10 bits per heavy atom. The van der Waals surface area contributed by atoms with Crippen molar-refractivity contribution in [2.75, 3.05) is 33.4 Å². The first-order valence-electron chi connectivity index (χ1n) is 10.2. The van der Waals surface area contributed by atoms with E-state index in [9.17, 15) is 18.0 Å². The van der Waals surface area contributed by atoms with Crippen molar-refractivity contribution in [3.05, 3.63) is 71.3 Å². The van der Waals surface area contributed by atoms with E-state index in [-0.39, 0.29) is 24.8 Å². The van der Waals surface area contributed by atoms with E-state index in [0.717, 1.165) is 23.3 Å². The molecule has 2 atom stereocenters. The van der Waals surface area contributed by atoms with E-state index >= 15 is 0 Å². The molecular weight excluding hydrogens is 409 g/mol. The molecule has 0 bridgehead atoms. The minimum absolute atomic E-state index is 0.0135. The molecule has 31 heavy (non-hydrogen) atoms. The number of piperazine rings is 1. The molecule has 168 valence electrons. The summed E-state index contributed by atoms with van der Waals surface area (Å²) in [7, 11) is 1.57. The number of nitrogens with zero attached hydrogens (tertiary/aromatic N) is 2. The van der Waals surface area contributed by atoms with Gasteiger partial charge in [0.2, 0.25) is 0 Å². The zero-order chi connectivity index (χ0) is 22.4. The maximum Gasteiger partial charge on any atom is 0.416 e. The number of hydrogen-bond acceptors (Lipinski definition) is 4. The molecule has 1 aliphatic rings. The second-order valence-electron chi connectivity index (χ2n) is 7.66. The number of benzene rings is 2. The Bertz CT molecular complexity index is 843. The number of rotatable bonds is 6. The smallest absolute Gasteiger partial charge is 0.416 e. The monoisotopic (exact) mass is 436 g/mol. The molecular formula is C23H27F3N2O3. The van der Waals surface area contributed by atoms with Crippen LogP contribution in [-0.2, 0) is 22.3 Å². The molecule has 2 unspecified atom stereocenters. The van der Waals surface area contributed by atoms with Gasteiger partial charge in [-0.05, 0) is 30.2 Å². The molecule has 5 nitrogen and oxygen atoms in total. The third-order valence-corrected chi connectivity index (χ3v) is 5.49. The van der Waals surface area contributed by atoms with Crippen LogP contribution in [0.1, 0.15) is 29.7 Å².